The minimum Gasteiger partial charge on any atom is -0.305 e. The number of aromatic nitrogens is 1. The highest BCUT2D eigenvalue weighted by molar-refractivity contribution is 7.21. The summed E-state index contributed by atoms with van der Waals surface area (Å²) in [5, 5.41) is 11.6. The van der Waals surface area contributed by atoms with E-state index in [1.807, 2.05) is 16.7 Å². The summed E-state index contributed by atoms with van der Waals surface area (Å²) in [6.45, 7) is 2.40. The molecule has 2 aromatic heterocycles. The number of thiophene rings is 1. The molecule has 4 aromatic rings. The lowest BCUT2D eigenvalue weighted by atomic mass is 10.2. The van der Waals surface area contributed by atoms with Crippen LogP contribution in [0.2, 0.25) is 0 Å². The Labute approximate surface area is 173 Å². The molecule has 6 nitrogen and oxygen atoms in total. The number of carbonyl (C=O) groups is 1. The van der Waals surface area contributed by atoms with Crippen LogP contribution in [0.4, 0.5) is 5.69 Å². The fraction of sp³-hybridized carbons (Fsp3) is 0.143. The van der Waals surface area contributed by atoms with Crippen LogP contribution in [0.25, 0.3) is 20.3 Å². The largest absolute Gasteiger partial charge is 0.305 e. The first-order valence-electron chi connectivity index (χ1n) is 8.83. The molecule has 0 unspecified atom stereocenters. The molecule has 4 rings (SSSR count). The van der Waals surface area contributed by atoms with Crippen LogP contribution in [-0.2, 0) is 13.0 Å². The van der Waals surface area contributed by atoms with Gasteiger partial charge >= 0.3 is 0 Å². The standard InChI is InChI=1S/C21H15N3O3S2/c1-3-9-23-16-7-5-13(4-2)10-18(16)29-21(23)22-20(25)19-12-14-11-15(24(26)27)6-8-17(14)28-19/h1,5-8,10-12H,4,9H2,2H3. The summed E-state index contributed by atoms with van der Waals surface area (Å²) in [6, 6.07) is 12.3. The van der Waals surface area contributed by atoms with Crippen LogP contribution >= 0.6 is 22.7 Å². The number of fused-ring (bicyclic) bond motifs is 2. The molecule has 0 aliphatic carbocycles. The van der Waals surface area contributed by atoms with Crippen LogP contribution in [0.5, 0.6) is 0 Å². The number of benzene rings is 2. The van der Waals surface area contributed by atoms with Crippen LogP contribution in [0, 0.1) is 22.5 Å². The van der Waals surface area contributed by atoms with Crippen LogP contribution in [0.3, 0.4) is 0 Å². The number of amides is 1. The molecule has 0 aliphatic rings. The van der Waals surface area contributed by atoms with Crippen LogP contribution < -0.4 is 4.80 Å². The van der Waals surface area contributed by atoms with Crippen LogP contribution in [-0.4, -0.2) is 15.4 Å². The second-order valence-electron chi connectivity index (χ2n) is 6.34. The van der Waals surface area contributed by atoms with E-state index in [0.717, 1.165) is 21.3 Å². The van der Waals surface area contributed by atoms with Gasteiger partial charge in [-0.05, 0) is 36.2 Å². The fourth-order valence-electron chi connectivity index (χ4n) is 3.06. The third kappa shape index (κ3) is 3.58. The lowest BCUT2D eigenvalue weighted by Gasteiger charge is -2.00. The highest BCUT2D eigenvalue weighted by atomic mass is 32.1. The molecule has 144 valence electrons. The number of nitrogens with zero attached hydrogens (tertiary/aromatic N) is 3. The number of carbonyl (C=O) groups excluding carboxylic acids is 1. The van der Waals surface area contributed by atoms with E-state index in [0.29, 0.717) is 21.6 Å². The molecule has 2 heterocycles. The third-order valence-electron chi connectivity index (χ3n) is 4.52. The molecule has 0 N–H and O–H groups in total. The Morgan fingerprint density at radius 1 is 1.21 bits per heavy atom. The summed E-state index contributed by atoms with van der Waals surface area (Å²) in [4.78, 5) is 28.6. The monoisotopic (exact) mass is 421 g/mol. The molecule has 0 radical (unpaired) electrons. The Hall–Kier alpha value is -3.28. The maximum Gasteiger partial charge on any atom is 0.289 e. The van der Waals surface area contributed by atoms with Gasteiger partial charge in [-0.15, -0.1) is 17.8 Å². The predicted octanol–water partition coefficient (Wildman–Crippen LogP) is 4.76. The number of hydrogen-bond donors (Lipinski definition) is 0. The number of terminal acetylenes is 1. The molecular weight excluding hydrogens is 406 g/mol. The van der Waals surface area contributed by atoms with Gasteiger partial charge in [0.25, 0.3) is 11.6 Å². The van der Waals surface area contributed by atoms with Gasteiger partial charge in [0.05, 0.1) is 26.6 Å². The van der Waals surface area contributed by atoms with Crippen molar-refractivity contribution in [2.45, 2.75) is 19.9 Å². The topological polar surface area (TPSA) is 77.5 Å². The van der Waals surface area contributed by atoms with Gasteiger partial charge in [0.1, 0.15) is 0 Å². The van der Waals surface area contributed by atoms with Gasteiger partial charge in [0.2, 0.25) is 0 Å². The van der Waals surface area contributed by atoms with E-state index in [2.05, 4.69) is 23.9 Å². The molecule has 8 heteroatoms. The van der Waals surface area contributed by atoms with Crippen molar-refractivity contribution in [1.82, 2.24) is 4.57 Å². The lowest BCUT2D eigenvalue weighted by molar-refractivity contribution is -0.384. The second kappa shape index (κ2) is 7.62. The van der Waals surface area contributed by atoms with E-state index in [-0.39, 0.29) is 11.6 Å². The quantitative estimate of drug-likeness (QED) is 0.271. The van der Waals surface area contributed by atoms with Crippen LogP contribution in [0.15, 0.2) is 47.5 Å². The second-order valence-corrected chi connectivity index (χ2v) is 8.43. The molecule has 0 aliphatic heterocycles. The van der Waals surface area contributed by atoms with Crippen molar-refractivity contribution >= 4 is 54.6 Å². The van der Waals surface area contributed by atoms with Gasteiger partial charge in [-0.3, -0.25) is 14.9 Å². The van der Waals surface area contributed by atoms with Crippen molar-refractivity contribution in [3.05, 3.63) is 67.8 Å². The molecule has 1 amide bonds. The molecule has 0 atom stereocenters. The smallest absolute Gasteiger partial charge is 0.289 e. The highest BCUT2D eigenvalue weighted by Gasteiger charge is 2.14. The minimum absolute atomic E-state index is 0.00525. The van der Waals surface area contributed by atoms with Gasteiger partial charge in [-0.25, -0.2) is 0 Å². The molecule has 29 heavy (non-hydrogen) atoms. The Kier molecular flexibility index (Phi) is 5.01. The fourth-order valence-corrected chi connectivity index (χ4v) is 5.08. The number of non-ortho nitro benzene ring substituents is 1. The number of aryl methyl sites for hydroxylation is 1. The van der Waals surface area contributed by atoms with E-state index in [1.54, 1.807) is 12.1 Å². The van der Waals surface area contributed by atoms with Gasteiger partial charge in [-0.2, -0.15) is 4.99 Å². The van der Waals surface area contributed by atoms with Gasteiger partial charge in [0, 0.05) is 22.2 Å². The van der Waals surface area contributed by atoms with E-state index in [4.69, 9.17) is 6.42 Å². The summed E-state index contributed by atoms with van der Waals surface area (Å²) < 4.78 is 3.68. The molecule has 0 fully saturated rings. The maximum atomic E-state index is 12.8. The zero-order valence-corrected chi connectivity index (χ0v) is 17.0. The van der Waals surface area contributed by atoms with Crippen molar-refractivity contribution in [3.63, 3.8) is 0 Å². The summed E-state index contributed by atoms with van der Waals surface area (Å²) in [7, 11) is 0. The van der Waals surface area contributed by atoms with Crippen molar-refractivity contribution < 1.29 is 9.72 Å². The van der Waals surface area contributed by atoms with Crippen molar-refractivity contribution in [3.8, 4) is 12.3 Å². The highest BCUT2D eigenvalue weighted by Crippen LogP contribution is 2.29. The third-order valence-corrected chi connectivity index (χ3v) is 6.67. The zero-order valence-electron chi connectivity index (χ0n) is 15.4. The molecule has 2 aromatic carbocycles. The first kappa shape index (κ1) is 19.1. The Bertz CT molecular complexity index is 1390. The molecule has 0 saturated heterocycles. The van der Waals surface area contributed by atoms with Gasteiger partial charge in [-0.1, -0.05) is 30.2 Å². The summed E-state index contributed by atoms with van der Waals surface area (Å²) in [6.07, 6.45) is 6.44. The summed E-state index contributed by atoms with van der Waals surface area (Å²) in [5.41, 5.74) is 2.15. The van der Waals surface area contributed by atoms with Crippen molar-refractivity contribution in [1.29, 1.82) is 0 Å². The Morgan fingerprint density at radius 2 is 2.03 bits per heavy atom. The van der Waals surface area contributed by atoms with Crippen molar-refractivity contribution in [2.24, 2.45) is 4.99 Å². The maximum absolute atomic E-state index is 12.8. The molecule has 0 spiro atoms. The first-order valence-corrected chi connectivity index (χ1v) is 10.5. The van der Waals surface area contributed by atoms with Gasteiger partial charge in [0.15, 0.2) is 4.80 Å². The normalized spacial score (nSPS) is 11.8. The van der Waals surface area contributed by atoms with E-state index >= 15 is 0 Å². The molecule has 0 bridgehead atoms. The molecular formula is C21H15N3O3S2. The van der Waals surface area contributed by atoms with Crippen molar-refractivity contribution in [2.75, 3.05) is 0 Å². The van der Waals surface area contributed by atoms with E-state index in [1.165, 1.54) is 40.4 Å². The first-order chi connectivity index (χ1) is 14.0. The SMILES string of the molecule is C#CCn1c(=NC(=O)c2cc3cc([N+](=O)[O-])ccc3s2)sc2cc(CC)ccc21. The lowest BCUT2D eigenvalue weighted by Crippen LogP contribution is -2.16. The zero-order chi connectivity index (χ0) is 20.5. The Balaban J connectivity index is 1.80. The van der Waals surface area contributed by atoms with Gasteiger partial charge < -0.3 is 4.57 Å². The number of nitro benzene ring substituents is 1. The number of nitro groups is 1. The average molecular weight is 422 g/mol. The summed E-state index contributed by atoms with van der Waals surface area (Å²) >= 11 is 2.69. The Morgan fingerprint density at radius 3 is 2.76 bits per heavy atom. The number of hydrogen-bond acceptors (Lipinski definition) is 5. The van der Waals surface area contributed by atoms with Crippen LogP contribution in [0.1, 0.15) is 22.2 Å². The number of rotatable bonds is 4. The predicted molar refractivity (Wildman–Crippen MR) is 116 cm³/mol. The minimum atomic E-state index is -0.451. The summed E-state index contributed by atoms with van der Waals surface area (Å²) in [5.74, 6) is 2.23. The van der Waals surface area contributed by atoms with E-state index in [9.17, 15) is 14.9 Å². The molecule has 0 saturated carbocycles. The van der Waals surface area contributed by atoms with E-state index < -0.39 is 4.92 Å². The average Bonchev–Trinajstić information content (AvgIpc) is 3.28. The number of thiazole rings is 1.